The van der Waals surface area contributed by atoms with Crippen molar-refractivity contribution in [1.29, 1.82) is 0 Å². The minimum atomic E-state index is -0.312. The lowest BCUT2D eigenvalue weighted by atomic mass is 10.2. The summed E-state index contributed by atoms with van der Waals surface area (Å²) in [7, 11) is 0. The maximum Gasteiger partial charge on any atom is 0.240 e. The van der Waals surface area contributed by atoms with Gasteiger partial charge in [-0.05, 0) is 62.7 Å². The second-order valence-corrected chi connectivity index (χ2v) is 6.56. The number of carbonyl (C=O) groups is 2. The van der Waals surface area contributed by atoms with Gasteiger partial charge in [-0.15, -0.1) is 0 Å². The summed E-state index contributed by atoms with van der Waals surface area (Å²) in [5.74, 6) is 0.202. The zero-order valence-corrected chi connectivity index (χ0v) is 17.9. The standard InChI is InChI=1S/C23H30N4O3/c1-4-27(5-2)20-11-7-18(8-12-20)17-24-26-23(29)16-15-22(28)25-19-9-13-21(14-10-19)30-6-3/h7-14,17H,4-6,15-16H2,1-3H3,(H,25,28)(H,26,29)/b24-17-. The average Bonchev–Trinajstić information content (AvgIpc) is 2.76. The fraction of sp³-hybridized carbons (Fsp3) is 0.348. The van der Waals surface area contributed by atoms with Crippen LogP contribution in [0.25, 0.3) is 0 Å². The highest BCUT2D eigenvalue weighted by atomic mass is 16.5. The van der Waals surface area contributed by atoms with E-state index in [1.165, 1.54) is 0 Å². The monoisotopic (exact) mass is 410 g/mol. The number of ether oxygens (including phenoxy) is 1. The fourth-order valence-corrected chi connectivity index (χ4v) is 2.85. The number of benzene rings is 2. The van der Waals surface area contributed by atoms with Crippen molar-refractivity contribution in [2.45, 2.75) is 33.6 Å². The van der Waals surface area contributed by atoms with Gasteiger partial charge in [-0.25, -0.2) is 5.43 Å². The van der Waals surface area contributed by atoms with E-state index in [1.807, 2.05) is 31.2 Å². The van der Waals surface area contributed by atoms with Crippen LogP contribution >= 0.6 is 0 Å². The molecule has 7 nitrogen and oxygen atoms in total. The Morgan fingerprint density at radius 1 is 0.933 bits per heavy atom. The van der Waals surface area contributed by atoms with Crippen molar-refractivity contribution in [1.82, 2.24) is 5.43 Å². The molecule has 0 bridgehead atoms. The number of nitrogens with zero attached hydrogens (tertiary/aromatic N) is 2. The molecule has 0 unspecified atom stereocenters. The lowest BCUT2D eigenvalue weighted by Gasteiger charge is -2.20. The number of hydrogen-bond acceptors (Lipinski definition) is 5. The Kier molecular flexibility index (Phi) is 9.37. The molecule has 0 heterocycles. The van der Waals surface area contributed by atoms with Gasteiger partial charge in [0.1, 0.15) is 5.75 Å². The molecule has 0 fully saturated rings. The van der Waals surface area contributed by atoms with E-state index in [-0.39, 0.29) is 24.7 Å². The molecule has 0 saturated carbocycles. The molecule has 0 saturated heterocycles. The summed E-state index contributed by atoms with van der Waals surface area (Å²) in [6, 6.07) is 15.1. The van der Waals surface area contributed by atoms with E-state index >= 15 is 0 Å². The lowest BCUT2D eigenvalue weighted by molar-refractivity contribution is -0.124. The minimum absolute atomic E-state index is 0.0566. The summed E-state index contributed by atoms with van der Waals surface area (Å²) in [4.78, 5) is 26.1. The van der Waals surface area contributed by atoms with Crippen LogP contribution in [0.3, 0.4) is 0 Å². The molecule has 0 spiro atoms. The summed E-state index contributed by atoms with van der Waals surface area (Å²) >= 11 is 0. The number of carbonyl (C=O) groups excluding carboxylic acids is 2. The van der Waals surface area contributed by atoms with Gasteiger partial charge < -0.3 is 15.0 Å². The smallest absolute Gasteiger partial charge is 0.240 e. The van der Waals surface area contributed by atoms with Crippen molar-refractivity contribution < 1.29 is 14.3 Å². The maximum absolute atomic E-state index is 12.0. The first-order valence-corrected chi connectivity index (χ1v) is 10.2. The molecule has 0 aliphatic carbocycles. The summed E-state index contributed by atoms with van der Waals surface area (Å²) in [6.45, 7) is 8.64. The van der Waals surface area contributed by atoms with Crippen LogP contribution in [0.1, 0.15) is 39.2 Å². The van der Waals surface area contributed by atoms with Crippen LogP contribution < -0.4 is 20.4 Å². The summed E-state index contributed by atoms with van der Waals surface area (Å²) in [5, 5.41) is 6.72. The van der Waals surface area contributed by atoms with Crippen molar-refractivity contribution in [3.8, 4) is 5.75 Å². The second-order valence-electron chi connectivity index (χ2n) is 6.56. The van der Waals surface area contributed by atoms with Crippen molar-refractivity contribution >= 4 is 29.4 Å². The molecule has 2 aromatic rings. The van der Waals surface area contributed by atoms with Crippen LogP contribution in [-0.2, 0) is 9.59 Å². The van der Waals surface area contributed by atoms with Gasteiger partial charge >= 0.3 is 0 Å². The third kappa shape index (κ3) is 7.58. The molecule has 2 aromatic carbocycles. The van der Waals surface area contributed by atoms with E-state index in [4.69, 9.17) is 4.74 Å². The largest absolute Gasteiger partial charge is 0.494 e. The Labute approximate surface area is 178 Å². The van der Waals surface area contributed by atoms with Crippen molar-refractivity contribution in [3.63, 3.8) is 0 Å². The van der Waals surface area contributed by atoms with Gasteiger partial charge in [-0.3, -0.25) is 9.59 Å². The molecule has 160 valence electrons. The predicted octanol–water partition coefficient (Wildman–Crippen LogP) is 3.80. The van der Waals surface area contributed by atoms with E-state index in [1.54, 1.807) is 30.5 Å². The molecule has 2 amide bonds. The zero-order chi connectivity index (χ0) is 21.8. The zero-order valence-electron chi connectivity index (χ0n) is 17.9. The molecule has 7 heteroatoms. The summed E-state index contributed by atoms with van der Waals surface area (Å²) in [5.41, 5.74) is 5.16. The van der Waals surface area contributed by atoms with Gasteiger partial charge in [0.15, 0.2) is 0 Å². The van der Waals surface area contributed by atoms with Crippen LogP contribution in [0.15, 0.2) is 53.6 Å². The molecule has 30 heavy (non-hydrogen) atoms. The molecular formula is C23H30N4O3. The molecule has 0 aromatic heterocycles. The highest BCUT2D eigenvalue weighted by Crippen LogP contribution is 2.16. The maximum atomic E-state index is 12.0. The highest BCUT2D eigenvalue weighted by Gasteiger charge is 2.07. The first kappa shape index (κ1) is 22.9. The van der Waals surface area contributed by atoms with Crippen LogP contribution in [0.2, 0.25) is 0 Å². The molecule has 2 rings (SSSR count). The Morgan fingerprint density at radius 3 is 2.17 bits per heavy atom. The molecule has 0 aliphatic rings. The Hall–Kier alpha value is -3.35. The first-order chi connectivity index (χ1) is 14.5. The minimum Gasteiger partial charge on any atom is -0.494 e. The molecule has 0 atom stereocenters. The van der Waals surface area contributed by atoms with Crippen molar-refractivity contribution in [3.05, 3.63) is 54.1 Å². The number of hydrogen-bond donors (Lipinski definition) is 2. The van der Waals surface area contributed by atoms with Gasteiger partial charge in [0.25, 0.3) is 0 Å². The number of rotatable bonds is 11. The van der Waals surface area contributed by atoms with Gasteiger partial charge in [-0.2, -0.15) is 5.10 Å². The second kappa shape index (κ2) is 12.3. The van der Waals surface area contributed by atoms with Crippen LogP contribution in [0.4, 0.5) is 11.4 Å². The van der Waals surface area contributed by atoms with E-state index in [0.717, 1.165) is 30.1 Å². The Morgan fingerprint density at radius 2 is 1.57 bits per heavy atom. The third-order valence-electron chi connectivity index (χ3n) is 4.45. The van der Waals surface area contributed by atoms with Gasteiger partial charge in [0, 0.05) is 37.3 Å². The van der Waals surface area contributed by atoms with Crippen molar-refractivity contribution in [2.24, 2.45) is 5.10 Å². The average molecular weight is 411 g/mol. The predicted molar refractivity (Wildman–Crippen MR) is 121 cm³/mol. The van der Waals surface area contributed by atoms with E-state index in [0.29, 0.717) is 12.3 Å². The van der Waals surface area contributed by atoms with Crippen LogP contribution in [-0.4, -0.2) is 37.7 Å². The highest BCUT2D eigenvalue weighted by molar-refractivity contribution is 5.93. The third-order valence-corrected chi connectivity index (χ3v) is 4.45. The van der Waals surface area contributed by atoms with E-state index in [2.05, 4.69) is 34.6 Å². The number of amides is 2. The number of nitrogens with one attached hydrogen (secondary N) is 2. The van der Waals surface area contributed by atoms with Crippen LogP contribution in [0, 0.1) is 0 Å². The Balaban J connectivity index is 1.73. The molecular weight excluding hydrogens is 380 g/mol. The topological polar surface area (TPSA) is 83.0 Å². The van der Waals surface area contributed by atoms with E-state index in [9.17, 15) is 9.59 Å². The first-order valence-electron chi connectivity index (χ1n) is 10.2. The molecule has 0 radical (unpaired) electrons. The fourth-order valence-electron chi connectivity index (χ4n) is 2.85. The SMILES string of the molecule is CCOc1ccc(NC(=O)CCC(=O)N/N=C\c2ccc(N(CC)CC)cc2)cc1. The van der Waals surface area contributed by atoms with Gasteiger partial charge in [-0.1, -0.05) is 12.1 Å². The van der Waals surface area contributed by atoms with E-state index < -0.39 is 0 Å². The van der Waals surface area contributed by atoms with Crippen LogP contribution in [0.5, 0.6) is 5.75 Å². The summed E-state index contributed by atoms with van der Waals surface area (Å²) in [6.07, 6.45) is 1.72. The number of anilines is 2. The normalized spacial score (nSPS) is 10.6. The lowest BCUT2D eigenvalue weighted by Crippen LogP contribution is -2.21. The van der Waals surface area contributed by atoms with Crippen molar-refractivity contribution in [2.75, 3.05) is 29.9 Å². The van der Waals surface area contributed by atoms with Gasteiger partial charge in [0.2, 0.25) is 11.8 Å². The molecule has 0 aliphatic heterocycles. The van der Waals surface area contributed by atoms with Gasteiger partial charge in [0.05, 0.1) is 12.8 Å². The molecule has 2 N–H and O–H groups in total. The summed E-state index contributed by atoms with van der Waals surface area (Å²) < 4.78 is 5.36. The number of hydrazone groups is 1. The quantitative estimate of drug-likeness (QED) is 0.436. The Bertz CT molecular complexity index is 829.